The van der Waals surface area contributed by atoms with Crippen molar-refractivity contribution in [1.29, 1.82) is 0 Å². The maximum absolute atomic E-state index is 11.7. The molecule has 1 nitrogen and oxygen atoms in total. The van der Waals surface area contributed by atoms with E-state index in [0.717, 1.165) is 11.1 Å². The predicted octanol–water partition coefficient (Wildman–Crippen LogP) is 4.80. The van der Waals surface area contributed by atoms with Crippen molar-refractivity contribution in [1.82, 2.24) is 0 Å². The summed E-state index contributed by atoms with van der Waals surface area (Å²) in [6.45, 7) is 0. The number of aliphatic hydroxyl groups is 1. The van der Waals surface area contributed by atoms with Crippen LogP contribution in [0.1, 0.15) is 17.2 Å². The first-order chi connectivity index (χ1) is 16.7. The number of rotatable bonds is 6. The van der Waals surface area contributed by atoms with Gasteiger partial charge in [-0.1, -0.05) is 0 Å². The van der Waals surface area contributed by atoms with E-state index >= 15 is 0 Å². The molecule has 0 fully saturated rings. The molecule has 166 valence electrons. The van der Waals surface area contributed by atoms with Crippen LogP contribution in [0.25, 0.3) is 0 Å². The second-order valence-corrected chi connectivity index (χ2v) is 15.7. The number of benzene rings is 5. The van der Waals surface area contributed by atoms with Gasteiger partial charge in [-0.3, -0.25) is 0 Å². The van der Waals surface area contributed by atoms with Crippen molar-refractivity contribution in [3.05, 3.63) is 156 Å². The molecule has 5 aromatic carbocycles. The van der Waals surface area contributed by atoms with Crippen LogP contribution in [0.2, 0.25) is 5.02 Å². The van der Waals surface area contributed by atoms with Gasteiger partial charge < -0.3 is 0 Å². The topological polar surface area (TPSA) is 20.2 Å². The average Bonchev–Trinajstić information content (AvgIpc) is 2.91. The van der Waals surface area contributed by atoms with Crippen LogP contribution in [-0.4, -0.2) is 18.7 Å². The van der Waals surface area contributed by atoms with Gasteiger partial charge in [0.15, 0.2) is 0 Å². The molecule has 0 saturated heterocycles. The molecule has 0 amide bonds. The number of aliphatic hydroxyl groups excluding tert-OH is 1. The first-order valence-corrected chi connectivity index (χ1v) is 15.4. The zero-order chi connectivity index (χ0) is 23.4. The van der Waals surface area contributed by atoms with E-state index in [9.17, 15) is 5.11 Å². The summed E-state index contributed by atoms with van der Waals surface area (Å²) in [5.41, 5.74) is 1.77. The van der Waals surface area contributed by atoms with E-state index in [2.05, 4.69) is 109 Å². The molecule has 34 heavy (non-hydrogen) atoms. The van der Waals surface area contributed by atoms with Crippen LogP contribution < -0.4 is 17.4 Å². The van der Waals surface area contributed by atoms with Crippen LogP contribution in [0.5, 0.6) is 0 Å². The molecule has 0 heterocycles. The first kappa shape index (κ1) is 22.7. The normalized spacial score (nSPS) is 12.3. The van der Waals surface area contributed by atoms with Gasteiger partial charge in [0.2, 0.25) is 0 Å². The van der Waals surface area contributed by atoms with Crippen LogP contribution in [0.15, 0.2) is 140 Å². The zero-order valence-corrected chi connectivity index (χ0v) is 21.3. The average molecular weight is 524 g/mol. The summed E-state index contributed by atoms with van der Waals surface area (Å²) >= 11 is 2.89. The van der Waals surface area contributed by atoms with Gasteiger partial charge in [0.05, 0.1) is 0 Å². The Kier molecular flexibility index (Phi) is 6.70. The number of hydrogen-bond acceptors (Lipinski definition) is 1. The molecule has 5 aromatic rings. The Labute approximate surface area is 208 Å². The molecule has 3 heteroatoms. The standard InChI is InChI=1S/C31H25AsClO/c33-28-22-20-24(21-23-28)31(34)29-18-10-11-19-30(29)32(25-12-4-1-5-13-25,26-14-6-2-7-15-26)27-16-8-3-9-17-27/h1-23,31,34H/q+1/t31-/m0/s1. The van der Waals surface area contributed by atoms with E-state index in [1.54, 1.807) is 0 Å². The quantitative estimate of drug-likeness (QED) is 0.317. The third-order valence-corrected chi connectivity index (χ3v) is 15.6. The van der Waals surface area contributed by atoms with Crippen molar-refractivity contribution in [2.24, 2.45) is 0 Å². The van der Waals surface area contributed by atoms with Crippen LogP contribution in [0.3, 0.4) is 0 Å². The van der Waals surface area contributed by atoms with Crippen LogP contribution >= 0.6 is 11.6 Å². The molecular formula is C31H25AsClO+. The van der Waals surface area contributed by atoms with Gasteiger partial charge >= 0.3 is 209 Å². The summed E-state index contributed by atoms with van der Waals surface area (Å²) in [5, 5.41) is 12.3. The Hall–Kier alpha value is -3.09. The molecule has 0 aliphatic heterocycles. The van der Waals surface area contributed by atoms with Crippen molar-refractivity contribution < 1.29 is 5.11 Å². The molecule has 1 N–H and O–H groups in total. The Morgan fingerprint density at radius 3 is 1.38 bits per heavy atom. The fourth-order valence-corrected chi connectivity index (χ4v) is 14.2. The molecule has 0 spiro atoms. The Balaban J connectivity index is 1.86. The van der Waals surface area contributed by atoms with Gasteiger partial charge in [-0.05, 0) is 0 Å². The molecule has 5 rings (SSSR count). The van der Waals surface area contributed by atoms with E-state index in [-0.39, 0.29) is 0 Å². The molecular weight excluding hydrogens is 499 g/mol. The monoisotopic (exact) mass is 523 g/mol. The predicted molar refractivity (Wildman–Crippen MR) is 146 cm³/mol. The summed E-state index contributed by atoms with van der Waals surface area (Å²) < 4.78 is 5.16. The van der Waals surface area contributed by atoms with E-state index < -0.39 is 19.7 Å². The van der Waals surface area contributed by atoms with E-state index in [1.807, 2.05) is 30.3 Å². The first-order valence-electron chi connectivity index (χ1n) is 11.3. The second kappa shape index (κ2) is 10.0. The molecule has 0 unspecified atom stereocenters. The molecule has 0 saturated carbocycles. The summed E-state index contributed by atoms with van der Waals surface area (Å²) in [5.74, 6) is 0. The Morgan fingerprint density at radius 2 is 0.912 bits per heavy atom. The summed E-state index contributed by atoms with van der Waals surface area (Å²) in [7, 11) is 0. The molecule has 0 aliphatic rings. The Bertz CT molecular complexity index is 1260. The third-order valence-electron chi connectivity index (χ3n) is 6.21. The minimum atomic E-state index is -3.24. The summed E-state index contributed by atoms with van der Waals surface area (Å²) in [6, 6.07) is 48.3. The molecule has 0 aliphatic carbocycles. The van der Waals surface area contributed by atoms with Crippen molar-refractivity contribution in [2.45, 2.75) is 6.10 Å². The minimum absolute atomic E-state index is 0.660. The number of hydrogen-bond donors (Lipinski definition) is 1. The van der Waals surface area contributed by atoms with Gasteiger partial charge in [0.25, 0.3) is 0 Å². The van der Waals surface area contributed by atoms with Gasteiger partial charge in [-0.25, -0.2) is 0 Å². The second-order valence-electron chi connectivity index (χ2n) is 8.19. The van der Waals surface area contributed by atoms with Crippen molar-refractivity contribution in [2.75, 3.05) is 0 Å². The van der Waals surface area contributed by atoms with Gasteiger partial charge in [0, 0.05) is 0 Å². The number of halogens is 1. The molecule has 0 aromatic heterocycles. The van der Waals surface area contributed by atoms with Crippen LogP contribution in [-0.2, 0) is 0 Å². The zero-order valence-electron chi connectivity index (χ0n) is 18.6. The van der Waals surface area contributed by atoms with Gasteiger partial charge in [-0.2, -0.15) is 0 Å². The van der Waals surface area contributed by atoms with Crippen molar-refractivity contribution >= 4 is 42.6 Å². The fourth-order valence-electron chi connectivity index (χ4n) is 4.67. The van der Waals surface area contributed by atoms with Crippen LogP contribution in [0.4, 0.5) is 0 Å². The fraction of sp³-hybridized carbons (Fsp3) is 0.0323. The third kappa shape index (κ3) is 4.12. The van der Waals surface area contributed by atoms with Gasteiger partial charge in [-0.15, -0.1) is 0 Å². The molecule has 0 radical (unpaired) electrons. The SMILES string of the molecule is O[C@@H](c1ccc(Cl)cc1)c1ccccc1[As+](c1ccccc1)(c1ccccc1)c1ccccc1. The molecule has 0 bridgehead atoms. The maximum atomic E-state index is 11.7. The van der Waals surface area contributed by atoms with E-state index in [4.69, 9.17) is 11.6 Å². The van der Waals surface area contributed by atoms with Crippen molar-refractivity contribution in [3.8, 4) is 0 Å². The van der Waals surface area contributed by atoms with Crippen LogP contribution in [0, 0.1) is 0 Å². The summed E-state index contributed by atoms with van der Waals surface area (Å²) in [4.78, 5) is 0. The van der Waals surface area contributed by atoms with Gasteiger partial charge in [0.1, 0.15) is 0 Å². The Morgan fingerprint density at radius 1 is 0.500 bits per heavy atom. The summed E-state index contributed by atoms with van der Waals surface area (Å²) in [6.07, 6.45) is -0.759. The molecule has 1 atom stereocenters. The van der Waals surface area contributed by atoms with E-state index in [0.29, 0.717) is 5.02 Å². The van der Waals surface area contributed by atoms with E-state index in [1.165, 1.54) is 17.4 Å². The van der Waals surface area contributed by atoms with Crippen molar-refractivity contribution in [3.63, 3.8) is 0 Å².